The molecule has 0 spiro atoms. The average Bonchev–Trinajstić information content (AvgIpc) is 2.72. The first-order valence-corrected chi connectivity index (χ1v) is 5.49. The Labute approximate surface area is 95.1 Å². The number of aromatic amines is 1. The van der Waals surface area contributed by atoms with E-state index in [4.69, 9.17) is 0 Å². The number of rotatable bonds is 5. The van der Waals surface area contributed by atoms with Crippen LogP contribution in [-0.2, 0) is 6.42 Å². The fraction of sp³-hybridized carbons (Fsp3) is 0.333. The molecule has 0 unspecified atom stereocenters. The lowest BCUT2D eigenvalue weighted by Gasteiger charge is -2.05. The topological polar surface area (TPSA) is 53.6 Å². The van der Waals surface area contributed by atoms with E-state index >= 15 is 0 Å². The molecule has 0 amide bonds. The Balaban J connectivity index is 1.72. The van der Waals surface area contributed by atoms with Gasteiger partial charge in [0.2, 0.25) is 0 Å². The number of aromatic nitrogens is 3. The third-order valence-corrected chi connectivity index (χ3v) is 2.57. The van der Waals surface area contributed by atoms with Crippen molar-refractivity contribution in [1.29, 1.82) is 0 Å². The average molecular weight is 216 g/mol. The molecule has 84 valence electrons. The molecule has 0 aliphatic carbocycles. The summed E-state index contributed by atoms with van der Waals surface area (Å²) < 4.78 is 0. The van der Waals surface area contributed by atoms with Crippen LogP contribution < -0.4 is 5.32 Å². The van der Waals surface area contributed by atoms with Crippen LogP contribution >= 0.6 is 0 Å². The number of hydrogen-bond acceptors (Lipinski definition) is 3. The maximum atomic E-state index is 4.00. The number of pyridine rings is 1. The van der Waals surface area contributed by atoms with Crippen LogP contribution in [0.3, 0.4) is 0 Å². The Kier molecular flexibility index (Phi) is 3.53. The van der Waals surface area contributed by atoms with E-state index in [1.165, 1.54) is 11.3 Å². The molecule has 4 heteroatoms. The van der Waals surface area contributed by atoms with Crippen molar-refractivity contribution in [1.82, 2.24) is 15.2 Å². The van der Waals surface area contributed by atoms with Gasteiger partial charge in [-0.15, -0.1) is 0 Å². The summed E-state index contributed by atoms with van der Waals surface area (Å²) in [5.41, 5.74) is 3.60. The smallest absolute Gasteiger partial charge is 0.0522 e. The minimum Gasteiger partial charge on any atom is -0.385 e. The van der Waals surface area contributed by atoms with Gasteiger partial charge in [-0.25, -0.2) is 0 Å². The van der Waals surface area contributed by atoms with E-state index < -0.39 is 0 Å². The van der Waals surface area contributed by atoms with Crippen LogP contribution in [0.4, 0.5) is 5.69 Å². The van der Waals surface area contributed by atoms with Gasteiger partial charge in [-0.1, -0.05) is 0 Å². The monoisotopic (exact) mass is 216 g/mol. The molecule has 0 aliphatic rings. The van der Waals surface area contributed by atoms with E-state index in [2.05, 4.69) is 27.4 Å². The lowest BCUT2D eigenvalue weighted by Crippen LogP contribution is -2.03. The molecule has 2 heterocycles. The zero-order chi connectivity index (χ0) is 11.2. The van der Waals surface area contributed by atoms with E-state index in [0.29, 0.717) is 0 Å². The van der Waals surface area contributed by atoms with Crippen molar-refractivity contribution in [2.24, 2.45) is 0 Å². The van der Waals surface area contributed by atoms with Crippen molar-refractivity contribution >= 4 is 5.69 Å². The summed E-state index contributed by atoms with van der Waals surface area (Å²) in [4.78, 5) is 3.97. The van der Waals surface area contributed by atoms with Crippen LogP contribution in [0.2, 0.25) is 0 Å². The lowest BCUT2D eigenvalue weighted by atomic mass is 10.1. The van der Waals surface area contributed by atoms with Crippen molar-refractivity contribution in [3.8, 4) is 0 Å². The first-order valence-electron chi connectivity index (χ1n) is 5.49. The molecule has 2 aromatic heterocycles. The van der Waals surface area contributed by atoms with Gasteiger partial charge in [0.15, 0.2) is 0 Å². The molecule has 0 aromatic carbocycles. The predicted octanol–water partition coefficient (Wildman–Crippen LogP) is 2.16. The van der Waals surface area contributed by atoms with Crippen LogP contribution in [0.1, 0.15) is 17.7 Å². The lowest BCUT2D eigenvalue weighted by molar-refractivity contribution is 0.857. The highest BCUT2D eigenvalue weighted by Gasteiger charge is 1.99. The molecular weight excluding hydrogens is 200 g/mol. The van der Waals surface area contributed by atoms with Crippen LogP contribution in [-0.4, -0.2) is 21.7 Å². The zero-order valence-corrected chi connectivity index (χ0v) is 9.40. The number of aryl methyl sites for hydroxylation is 2. The standard InChI is InChI=1S/C12H16N4/c1-10-11(9-15-16-10)3-2-6-14-12-4-7-13-8-5-12/h4-5,7-9H,2-3,6H2,1H3,(H,13,14)(H,15,16). The first kappa shape index (κ1) is 10.7. The molecule has 16 heavy (non-hydrogen) atoms. The number of anilines is 1. The Morgan fingerprint density at radius 3 is 2.81 bits per heavy atom. The van der Waals surface area contributed by atoms with Crippen molar-refractivity contribution in [2.45, 2.75) is 19.8 Å². The molecule has 0 saturated heterocycles. The van der Waals surface area contributed by atoms with Crippen molar-refractivity contribution in [2.75, 3.05) is 11.9 Å². The van der Waals surface area contributed by atoms with Crippen molar-refractivity contribution in [3.05, 3.63) is 42.0 Å². The summed E-state index contributed by atoms with van der Waals surface area (Å²) in [6.45, 7) is 3.02. The normalized spacial score (nSPS) is 10.3. The van der Waals surface area contributed by atoms with Gasteiger partial charge in [0.1, 0.15) is 0 Å². The zero-order valence-electron chi connectivity index (χ0n) is 9.40. The summed E-state index contributed by atoms with van der Waals surface area (Å²) in [5.74, 6) is 0. The van der Waals surface area contributed by atoms with Crippen LogP contribution in [0.25, 0.3) is 0 Å². The molecule has 0 radical (unpaired) electrons. The van der Waals surface area contributed by atoms with Crippen molar-refractivity contribution in [3.63, 3.8) is 0 Å². The van der Waals surface area contributed by atoms with Gasteiger partial charge >= 0.3 is 0 Å². The molecule has 2 aromatic rings. The summed E-state index contributed by atoms with van der Waals surface area (Å²) in [6, 6.07) is 3.95. The highest BCUT2D eigenvalue weighted by Crippen LogP contribution is 2.07. The molecule has 0 aliphatic heterocycles. The number of hydrogen-bond donors (Lipinski definition) is 2. The van der Waals surface area contributed by atoms with Gasteiger partial charge in [0.05, 0.1) is 6.20 Å². The van der Waals surface area contributed by atoms with Crippen molar-refractivity contribution < 1.29 is 0 Å². The molecule has 0 fully saturated rings. The number of nitrogens with zero attached hydrogens (tertiary/aromatic N) is 2. The number of H-pyrrole nitrogens is 1. The second-order valence-electron chi connectivity index (χ2n) is 3.79. The Hall–Kier alpha value is -1.84. The van der Waals surface area contributed by atoms with Gasteiger partial charge in [0.25, 0.3) is 0 Å². The minimum atomic E-state index is 0.967. The van der Waals surface area contributed by atoms with Crippen LogP contribution in [0.15, 0.2) is 30.7 Å². The Bertz CT molecular complexity index is 422. The van der Waals surface area contributed by atoms with Gasteiger partial charge in [-0.2, -0.15) is 5.10 Å². The van der Waals surface area contributed by atoms with E-state index in [1.54, 1.807) is 12.4 Å². The molecule has 0 saturated carbocycles. The highest BCUT2D eigenvalue weighted by atomic mass is 15.1. The molecule has 2 rings (SSSR count). The fourth-order valence-electron chi connectivity index (χ4n) is 1.61. The van der Waals surface area contributed by atoms with E-state index in [0.717, 1.165) is 25.1 Å². The minimum absolute atomic E-state index is 0.967. The SMILES string of the molecule is Cc1[nH]ncc1CCCNc1ccncc1. The van der Waals surface area contributed by atoms with Gasteiger partial charge in [-0.05, 0) is 37.5 Å². The quantitative estimate of drug-likeness (QED) is 0.753. The summed E-state index contributed by atoms with van der Waals surface area (Å²) in [5, 5.41) is 10.3. The van der Waals surface area contributed by atoms with E-state index in [-0.39, 0.29) is 0 Å². The number of nitrogens with one attached hydrogen (secondary N) is 2. The third-order valence-electron chi connectivity index (χ3n) is 2.57. The van der Waals surface area contributed by atoms with E-state index in [9.17, 15) is 0 Å². The summed E-state index contributed by atoms with van der Waals surface area (Å²) in [7, 11) is 0. The Morgan fingerprint density at radius 1 is 1.31 bits per heavy atom. The maximum Gasteiger partial charge on any atom is 0.0522 e. The second-order valence-corrected chi connectivity index (χ2v) is 3.79. The predicted molar refractivity (Wildman–Crippen MR) is 64.4 cm³/mol. The fourth-order valence-corrected chi connectivity index (χ4v) is 1.61. The summed E-state index contributed by atoms with van der Waals surface area (Å²) >= 11 is 0. The largest absolute Gasteiger partial charge is 0.385 e. The summed E-state index contributed by atoms with van der Waals surface area (Å²) in [6.07, 6.45) is 7.65. The van der Waals surface area contributed by atoms with Crippen LogP contribution in [0.5, 0.6) is 0 Å². The highest BCUT2D eigenvalue weighted by molar-refractivity contribution is 5.40. The molecule has 0 bridgehead atoms. The van der Waals surface area contributed by atoms with Gasteiger partial charge in [-0.3, -0.25) is 10.1 Å². The second kappa shape index (κ2) is 5.30. The van der Waals surface area contributed by atoms with E-state index in [1.807, 2.05) is 18.3 Å². The third kappa shape index (κ3) is 2.82. The molecular formula is C12H16N4. The van der Waals surface area contributed by atoms with Crippen LogP contribution in [0, 0.1) is 6.92 Å². The molecule has 4 nitrogen and oxygen atoms in total. The molecule has 0 atom stereocenters. The Morgan fingerprint density at radius 2 is 2.12 bits per heavy atom. The first-order chi connectivity index (χ1) is 7.86. The van der Waals surface area contributed by atoms with Gasteiger partial charge < -0.3 is 5.32 Å². The van der Waals surface area contributed by atoms with Gasteiger partial charge in [0, 0.05) is 30.3 Å². The maximum absolute atomic E-state index is 4.00. The molecule has 2 N–H and O–H groups in total.